The van der Waals surface area contributed by atoms with E-state index in [4.69, 9.17) is 4.74 Å². The molecule has 0 aliphatic heterocycles. The van der Waals surface area contributed by atoms with Gasteiger partial charge in [-0.2, -0.15) is 0 Å². The van der Waals surface area contributed by atoms with Gasteiger partial charge in [-0.1, -0.05) is 12.1 Å². The van der Waals surface area contributed by atoms with E-state index in [0.717, 1.165) is 43.5 Å². The quantitative estimate of drug-likeness (QED) is 0.864. The lowest BCUT2D eigenvalue weighted by Gasteiger charge is -2.25. The first-order chi connectivity index (χ1) is 9.67. The Kier molecular flexibility index (Phi) is 5.41. The zero-order chi connectivity index (χ0) is 14.4. The molecule has 0 spiro atoms. The molecule has 0 saturated heterocycles. The molecule has 0 radical (unpaired) electrons. The number of hydrogen-bond donors (Lipinski definition) is 2. The van der Waals surface area contributed by atoms with Crippen molar-refractivity contribution in [3.05, 3.63) is 29.8 Å². The standard InChI is InChI=1S/C16H23NO3/c1-20-15-8-4-12(5-9-15)10-16(19)17-11-13-2-6-14(18)7-3-13/h4-5,8-9,13-14,18H,2-3,6-7,10-11H2,1H3,(H,17,19). The Bertz CT molecular complexity index is 422. The second-order valence-electron chi connectivity index (χ2n) is 5.50. The number of ether oxygens (including phenoxy) is 1. The lowest BCUT2D eigenvalue weighted by Crippen LogP contribution is -2.33. The number of methoxy groups -OCH3 is 1. The Balaban J connectivity index is 1.72. The zero-order valence-corrected chi connectivity index (χ0v) is 12.0. The maximum Gasteiger partial charge on any atom is 0.224 e. The van der Waals surface area contributed by atoms with Crippen LogP contribution in [-0.4, -0.2) is 30.8 Å². The first-order valence-electron chi connectivity index (χ1n) is 7.25. The number of carbonyl (C=O) groups excluding carboxylic acids is 1. The molecule has 4 nitrogen and oxygen atoms in total. The molecule has 1 saturated carbocycles. The van der Waals surface area contributed by atoms with E-state index in [9.17, 15) is 9.90 Å². The van der Waals surface area contributed by atoms with E-state index >= 15 is 0 Å². The molecule has 110 valence electrons. The van der Waals surface area contributed by atoms with Crippen molar-refractivity contribution in [3.63, 3.8) is 0 Å². The lowest BCUT2D eigenvalue weighted by molar-refractivity contribution is -0.120. The van der Waals surface area contributed by atoms with E-state index in [1.54, 1.807) is 7.11 Å². The van der Waals surface area contributed by atoms with Gasteiger partial charge in [0.1, 0.15) is 5.75 Å². The van der Waals surface area contributed by atoms with Crippen LogP contribution in [0.15, 0.2) is 24.3 Å². The first kappa shape index (κ1) is 14.9. The monoisotopic (exact) mass is 277 g/mol. The fourth-order valence-electron chi connectivity index (χ4n) is 2.60. The van der Waals surface area contributed by atoms with Crippen LogP contribution in [0.5, 0.6) is 5.75 Å². The highest BCUT2D eigenvalue weighted by molar-refractivity contribution is 5.78. The third-order valence-electron chi connectivity index (χ3n) is 3.93. The van der Waals surface area contributed by atoms with E-state index in [2.05, 4.69) is 5.32 Å². The minimum Gasteiger partial charge on any atom is -0.497 e. The van der Waals surface area contributed by atoms with Crippen LogP contribution in [0.25, 0.3) is 0 Å². The van der Waals surface area contributed by atoms with Gasteiger partial charge < -0.3 is 15.2 Å². The van der Waals surface area contributed by atoms with Gasteiger partial charge in [0.05, 0.1) is 19.6 Å². The Labute approximate surface area is 120 Å². The summed E-state index contributed by atoms with van der Waals surface area (Å²) in [5, 5.41) is 12.4. The normalized spacial score (nSPS) is 22.3. The average molecular weight is 277 g/mol. The van der Waals surface area contributed by atoms with Gasteiger partial charge in [0.2, 0.25) is 5.91 Å². The average Bonchev–Trinajstić information content (AvgIpc) is 2.47. The van der Waals surface area contributed by atoms with Gasteiger partial charge in [0.15, 0.2) is 0 Å². The second-order valence-corrected chi connectivity index (χ2v) is 5.50. The van der Waals surface area contributed by atoms with Gasteiger partial charge in [-0.25, -0.2) is 0 Å². The van der Waals surface area contributed by atoms with Gasteiger partial charge in [-0.05, 0) is 49.3 Å². The number of nitrogens with one attached hydrogen (secondary N) is 1. The number of amides is 1. The van der Waals surface area contributed by atoms with Crippen molar-refractivity contribution < 1.29 is 14.6 Å². The van der Waals surface area contributed by atoms with Gasteiger partial charge in [0.25, 0.3) is 0 Å². The van der Waals surface area contributed by atoms with Gasteiger partial charge in [-0.3, -0.25) is 4.79 Å². The Morgan fingerprint density at radius 2 is 1.90 bits per heavy atom. The first-order valence-corrected chi connectivity index (χ1v) is 7.25. The smallest absolute Gasteiger partial charge is 0.224 e. The number of carbonyl (C=O) groups is 1. The van der Waals surface area contributed by atoms with Crippen LogP contribution in [0.2, 0.25) is 0 Å². The maximum atomic E-state index is 11.9. The molecule has 1 aliphatic rings. The summed E-state index contributed by atoms with van der Waals surface area (Å²) in [6.07, 6.45) is 3.99. The van der Waals surface area contributed by atoms with Gasteiger partial charge >= 0.3 is 0 Å². The summed E-state index contributed by atoms with van der Waals surface area (Å²) >= 11 is 0. The molecule has 2 rings (SSSR count). The van der Waals surface area contributed by atoms with Gasteiger partial charge in [-0.15, -0.1) is 0 Å². The van der Waals surface area contributed by atoms with Crippen LogP contribution >= 0.6 is 0 Å². The number of rotatable bonds is 5. The van der Waals surface area contributed by atoms with Crippen LogP contribution in [0.1, 0.15) is 31.2 Å². The fourth-order valence-corrected chi connectivity index (χ4v) is 2.60. The summed E-state index contributed by atoms with van der Waals surface area (Å²) in [7, 11) is 1.63. The van der Waals surface area contributed by atoms with E-state index in [-0.39, 0.29) is 12.0 Å². The van der Waals surface area contributed by atoms with Crippen LogP contribution in [0.4, 0.5) is 0 Å². The number of benzene rings is 1. The maximum absolute atomic E-state index is 11.9. The predicted octanol–water partition coefficient (Wildman–Crippen LogP) is 1.91. The van der Waals surface area contributed by atoms with E-state index in [0.29, 0.717) is 12.3 Å². The minimum atomic E-state index is -0.138. The van der Waals surface area contributed by atoms with Gasteiger partial charge in [0, 0.05) is 6.54 Å². The molecule has 0 heterocycles. The Morgan fingerprint density at radius 1 is 1.25 bits per heavy atom. The second kappa shape index (κ2) is 7.29. The third-order valence-corrected chi connectivity index (χ3v) is 3.93. The van der Waals surface area contributed by atoms with Crippen molar-refractivity contribution in [3.8, 4) is 5.75 Å². The highest BCUT2D eigenvalue weighted by Crippen LogP contribution is 2.23. The van der Waals surface area contributed by atoms with Crippen molar-refractivity contribution >= 4 is 5.91 Å². The Morgan fingerprint density at radius 3 is 2.50 bits per heavy atom. The van der Waals surface area contributed by atoms with Crippen molar-refractivity contribution in [2.24, 2.45) is 5.92 Å². The molecular formula is C16H23NO3. The molecule has 0 aromatic heterocycles. The van der Waals surface area contributed by atoms with Crippen LogP contribution < -0.4 is 10.1 Å². The molecule has 1 aliphatic carbocycles. The molecular weight excluding hydrogens is 254 g/mol. The number of hydrogen-bond acceptors (Lipinski definition) is 3. The fraction of sp³-hybridized carbons (Fsp3) is 0.562. The third kappa shape index (κ3) is 4.53. The van der Waals surface area contributed by atoms with Crippen molar-refractivity contribution in [1.29, 1.82) is 0 Å². The summed E-state index contributed by atoms with van der Waals surface area (Å²) in [5.41, 5.74) is 0.988. The zero-order valence-electron chi connectivity index (χ0n) is 12.0. The van der Waals surface area contributed by atoms with E-state index in [1.165, 1.54) is 0 Å². The SMILES string of the molecule is COc1ccc(CC(=O)NCC2CCC(O)CC2)cc1. The molecule has 20 heavy (non-hydrogen) atoms. The Hall–Kier alpha value is -1.55. The van der Waals surface area contributed by atoms with Crippen molar-refractivity contribution in [1.82, 2.24) is 5.32 Å². The number of aliphatic hydroxyl groups excluding tert-OH is 1. The summed E-state index contributed by atoms with van der Waals surface area (Å²) in [6.45, 7) is 0.724. The molecule has 1 aromatic rings. The van der Waals surface area contributed by atoms with Crippen LogP contribution in [-0.2, 0) is 11.2 Å². The minimum absolute atomic E-state index is 0.0567. The summed E-state index contributed by atoms with van der Waals surface area (Å²) < 4.78 is 5.09. The van der Waals surface area contributed by atoms with Crippen LogP contribution in [0.3, 0.4) is 0 Å². The van der Waals surface area contributed by atoms with Crippen molar-refractivity contribution in [2.75, 3.05) is 13.7 Å². The summed E-state index contributed by atoms with van der Waals surface area (Å²) in [6, 6.07) is 7.56. The molecule has 1 amide bonds. The van der Waals surface area contributed by atoms with E-state index in [1.807, 2.05) is 24.3 Å². The van der Waals surface area contributed by atoms with Crippen molar-refractivity contribution in [2.45, 2.75) is 38.2 Å². The molecule has 1 fully saturated rings. The largest absolute Gasteiger partial charge is 0.497 e. The lowest BCUT2D eigenvalue weighted by atomic mass is 9.87. The molecule has 0 unspecified atom stereocenters. The highest BCUT2D eigenvalue weighted by Gasteiger charge is 2.19. The topological polar surface area (TPSA) is 58.6 Å². The highest BCUT2D eigenvalue weighted by atomic mass is 16.5. The van der Waals surface area contributed by atoms with Crippen LogP contribution in [0, 0.1) is 5.92 Å². The summed E-state index contributed by atoms with van der Waals surface area (Å²) in [5.74, 6) is 1.37. The molecule has 1 aromatic carbocycles. The predicted molar refractivity (Wildman–Crippen MR) is 77.7 cm³/mol. The number of aliphatic hydroxyl groups is 1. The molecule has 0 bridgehead atoms. The summed E-state index contributed by atoms with van der Waals surface area (Å²) in [4.78, 5) is 11.9. The molecule has 4 heteroatoms. The van der Waals surface area contributed by atoms with E-state index < -0.39 is 0 Å². The molecule has 2 N–H and O–H groups in total. The molecule has 0 atom stereocenters.